The van der Waals surface area contributed by atoms with Gasteiger partial charge in [-0.2, -0.15) is 0 Å². The number of thiazole rings is 1. The van der Waals surface area contributed by atoms with Crippen LogP contribution < -0.4 is 10.1 Å². The van der Waals surface area contributed by atoms with E-state index < -0.39 is 0 Å². The standard InChI is InChI=1S/C15H17BrN2O4S/c1-20-5-6-22-8-14(19)18-15-17-12(9-23-15)10-3-4-13(21-2)11(16)7-10/h3-4,7,9H,5-6,8H2,1-2H3,(H,17,18,19). The number of aromatic nitrogens is 1. The molecule has 1 amide bonds. The van der Waals surface area contributed by atoms with Crippen LogP contribution in [0.5, 0.6) is 5.75 Å². The van der Waals surface area contributed by atoms with Crippen LogP contribution in [0.2, 0.25) is 0 Å². The Labute approximate surface area is 146 Å². The van der Waals surface area contributed by atoms with Gasteiger partial charge in [0.25, 0.3) is 5.91 Å². The van der Waals surface area contributed by atoms with Crippen molar-refractivity contribution in [3.05, 3.63) is 28.1 Å². The number of halogens is 1. The highest BCUT2D eigenvalue weighted by atomic mass is 79.9. The molecule has 0 unspecified atom stereocenters. The van der Waals surface area contributed by atoms with Gasteiger partial charge >= 0.3 is 0 Å². The van der Waals surface area contributed by atoms with Gasteiger partial charge in [0.2, 0.25) is 0 Å². The largest absolute Gasteiger partial charge is 0.496 e. The SMILES string of the molecule is COCCOCC(=O)Nc1nc(-c2ccc(OC)c(Br)c2)cs1. The van der Waals surface area contributed by atoms with Crippen LogP contribution in [-0.4, -0.2) is 44.9 Å². The summed E-state index contributed by atoms with van der Waals surface area (Å²) < 4.78 is 16.1. The minimum absolute atomic E-state index is 0.0215. The third-order valence-corrected chi connectivity index (χ3v) is 4.24. The lowest BCUT2D eigenvalue weighted by atomic mass is 10.2. The molecule has 8 heteroatoms. The number of nitrogens with zero attached hydrogens (tertiary/aromatic N) is 1. The fourth-order valence-electron chi connectivity index (χ4n) is 1.75. The van der Waals surface area contributed by atoms with Crippen molar-refractivity contribution in [1.29, 1.82) is 0 Å². The molecule has 0 saturated heterocycles. The number of anilines is 1. The third-order valence-electron chi connectivity index (χ3n) is 2.86. The van der Waals surface area contributed by atoms with Crippen LogP contribution in [-0.2, 0) is 14.3 Å². The number of hydrogen-bond donors (Lipinski definition) is 1. The Bertz CT molecular complexity index is 663. The lowest BCUT2D eigenvalue weighted by molar-refractivity contribution is -0.121. The number of benzene rings is 1. The number of rotatable bonds is 8. The van der Waals surface area contributed by atoms with Gasteiger partial charge in [0.05, 0.1) is 30.5 Å². The second kappa shape index (κ2) is 8.97. The summed E-state index contributed by atoms with van der Waals surface area (Å²) in [6.45, 7) is 0.820. The zero-order chi connectivity index (χ0) is 16.7. The molecule has 124 valence electrons. The average molecular weight is 401 g/mol. The maximum absolute atomic E-state index is 11.7. The van der Waals surface area contributed by atoms with Gasteiger partial charge in [0.15, 0.2) is 5.13 Å². The van der Waals surface area contributed by atoms with Crippen LogP contribution in [0.3, 0.4) is 0 Å². The van der Waals surface area contributed by atoms with Crippen LogP contribution in [0.4, 0.5) is 5.13 Å². The van der Waals surface area contributed by atoms with Gasteiger partial charge in [0, 0.05) is 18.1 Å². The molecule has 1 N–H and O–H groups in total. The van der Waals surface area contributed by atoms with E-state index in [0.29, 0.717) is 18.3 Å². The molecule has 1 heterocycles. The van der Waals surface area contributed by atoms with Gasteiger partial charge < -0.3 is 14.2 Å². The first-order valence-corrected chi connectivity index (χ1v) is 8.47. The number of nitrogens with one attached hydrogen (secondary N) is 1. The van der Waals surface area contributed by atoms with E-state index in [9.17, 15) is 4.79 Å². The highest BCUT2D eigenvalue weighted by Gasteiger charge is 2.10. The quantitative estimate of drug-likeness (QED) is 0.689. The van der Waals surface area contributed by atoms with Crippen molar-refractivity contribution in [2.45, 2.75) is 0 Å². The van der Waals surface area contributed by atoms with Crippen molar-refractivity contribution in [2.24, 2.45) is 0 Å². The van der Waals surface area contributed by atoms with Crippen molar-refractivity contribution in [3.63, 3.8) is 0 Å². The molecule has 0 saturated carbocycles. The first-order chi connectivity index (χ1) is 11.1. The average Bonchev–Trinajstić information content (AvgIpc) is 3.00. The molecule has 0 atom stereocenters. The van der Waals surface area contributed by atoms with E-state index >= 15 is 0 Å². The van der Waals surface area contributed by atoms with E-state index in [1.165, 1.54) is 11.3 Å². The lowest BCUT2D eigenvalue weighted by Crippen LogP contribution is -2.19. The van der Waals surface area contributed by atoms with Gasteiger partial charge in [-0.15, -0.1) is 11.3 Å². The number of hydrogen-bond acceptors (Lipinski definition) is 6. The van der Waals surface area contributed by atoms with Crippen LogP contribution in [0, 0.1) is 0 Å². The first kappa shape index (κ1) is 17.9. The minimum atomic E-state index is -0.238. The molecule has 0 radical (unpaired) electrons. The normalized spacial score (nSPS) is 10.6. The molecule has 1 aromatic carbocycles. The summed E-state index contributed by atoms with van der Waals surface area (Å²) in [6, 6.07) is 5.70. The summed E-state index contributed by atoms with van der Waals surface area (Å²) in [7, 11) is 3.20. The molecule has 1 aromatic heterocycles. The molecule has 6 nitrogen and oxygen atoms in total. The molecule has 0 fully saturated rings. The van der Waals surface area contributed by atoms with Gasteiger partial charge in [-0.1, -0.05) is 0 Å². The Morgan fingerprint density at radius 2 is 2.17 bits per heavy atom. The van der Waals surface area contributed by atoms with E-state index in [1.54, 1.807) is 14.2 Å². The van der Waals surface area contributed by atoms with Crippen LogP contribution in [0.15, 0.2) is 28.1 Å². The Morgan fingerprint density at radius 1 is 1.35 bits per heavy atom. The van der Waals surface area contributed by atoms with Gasteiger partial charge in [0.1, 0.15) is 12.4 Å². The van der Waals surface area contributed by atoms with E-state index in [1.807, 2.05) is 23.6 Å². The summed E-state index contributed by atoms with van der Waals surface area (Å²) in [5.41, 5.74) is 1.72. The van der Waals surface area contributed by atoms with Crippen LogP contribution in [0.25, 0.3) is 11.3 Å². The molecule has 2 rings (SSSR count). The van der Waals surface area contributed by atoms with E-state index in [4.69, 9.17) is 14.2 Å². The molecule has 0 bridgehead atoms. The molecular formula is C15H17BrN2O4S. The summed E-state index contributed by atoms with van der Waals surface area (Å²) >= 11 is 4.81. The fourth-order valence-corrected chi connectivity index (χ4v) is 3.03. The fraction of sp³-hybridized carbons (Fsp3) is 0.333. The molecule has 0 aliphatic heterocycles. The zero-order valence-electron chi connectivity index (χ0n) is 12.8. The number of amides is 1. The lowest BCUT2D eigenvalue weighted by Gasteiger charge is -2.05. The van der Waals surface area contributed by atoms with Crippen molar-refractivity contribution < 1.29 is 19.0 Å². The Kier molecular flexibility index (Phi) is 6.97. The Hall–Kier alpha value is -1.48. The molecule has 0 aliphatic carbocycles. The maximum Gasteiger partial charge on any atom is 0.252 e. The smallest absolute Gasteiger partial charge is 0.252 e. The number of ether oxygens (including phenoxy) is 3. The van der Waals surface area contributed by atoms with Crippen molar-refractivity contribution in [3.8, 4) is 17.0 Å². The Morgan fingerprint density at radius 3 is 2.87 bits per heavy atom. The second-order valence-electron chi connectivity index (χ2n) is 4.48. The Balaban J connectivity index is 1.95. The molecule has 23 heavy (non-hydrogen) atoms. The van der Waals surface area contributed by atoms with Gasteiger partial charge in [-0.05, 0) is 34.1 Å². The summed E-state index contributed by atoms with van der Waals surface area (Å²) in [4.78, 5) is 16.1. The second-order valence-corrected chi connectivity index (χ2v) is 6.19. The monoisotopic (exact) mass is 400 g/mol. The molecular weight excluding hydrogens is 384 g/mol. The summed E-state index contributed by atoms with van der Waals surface area (Å²) in [6.07, 6.45) is 0. The molecule has 0 spiro atoms. The first-order valence-electron chi connectivity index (χ1n) is 6.80. The summed E-state index contributed by atoms with van der Waals surface area (Å²) in [5.74, 6) is 0.517. The predicted molar refractivity (Wildman–Crippen MR) is 93.1 cm³/mol. The third kappa shape index (κ3) is 5.28. The minimum Gasteiger partial charge on any atom is -0.496 e. The van der Waals surface area contributed by atoms with E-state index in [2.05, 4.69) is 26.2 Å². The predicted octanol–water partition coefficient (Wildman–Crippen LogP) is 3.18. The van der Waals surface area contributed by atoms with Gasteiger partial charge in [-0.3, -0.25) is 10.1 Å². The van der Waals surface area contributed by atoms with Crippen LogP contribution in [0.1, 0.15) is 0 Å². The zero-order valence-corrected chi connectivity index (χ0v) is 15.2. The molecule has 0 aliphatic rings. The van der Waals surface area contributed by atoms with Crippen LogP contribution >= 0.6 is 27.3 Å². The van der Waals surface area contributed by atoms with Crippen molar-refractivity contribution in [1.82, 2.24) is 4.98 Å². The van der Waals surface area contributed by atoms with E-state index in [-0.39, 0.29) is 12.5 Å². The highest BCUT2D eigenvalue weighted by Crippen LogP contribution is 2.31. The molecule has 2 aromatic rings. The maximum atomic E-state index is 11.7. The van der Waals surface area contributed by atoms with Gasteiger partial charge in [-0.25, -0.2) is 4.98 Å². The topological polar surface area (TPSA) is 69.7 Å². The van der Waals surface area contributed by atoms with Crippen molar-refractivity contribution in [2.75, 3.05) is 39.4 Å². The highest BCUT2D eigenvalue weighted by molar-refractivity contribution is 9.10. The number of methoxy groups -OCH3 is 2. The number of carbonyl (C=O) groups is 1. The summed E-state index contributed by atoms with van der Waals surface area (Å²) in [5, 5.41) is 5.13. The van der Waals surface area contributed by atoms with E-state index in [0.717, 1.165) is 21.5 Å². The van der Waals surface area contributed by atoms with Crippen molar-refractivity contribution >= 4 is 38.3 Å². The number of carbonyl (C=O) groups excluding carboxylic acids is 1.